The molecule has 3 aromatic carbocycles. The van der Waals surface area contributed by atoms with Crippen LogP contribution < -0.4 is 20.1 Å². The number of anilines is 1. The highest BCUT2D eigenvalue weighted by Gasteiger charge is 2.53. The average Bonchev–Trinajstić information content (AvgIpc) is 3.19. The summed E-state index contributed by atoms with van der Waals surface area (Å²) >= 11 is 0. The van der Waals surface area contributed by atoms with E-state index in [9.17, 15) is 14.4 Å². The molecule has 1 unspecified atom stereocenters. The zero-order valence-electron chi connectivity index (χ0n) is 24.0. The molecule has 0 aromatic heterocycles. The fraction of sp³-hybridized carbons (Fsp3) is 0.344. The van der Waals surface area contributed by atoms with Crippen LogP contribution in [0.5, 0.6) is 17.2 Å². The molecule has 214 valence electrons. The Kier molecular flexibility index (Phi) is 7.15. The average molecular weight is 559 g/mol. The molecule has 2 aliphatic rings. The van der Waals surface area contributed by atoms with Crippen LogP contribution in [0.3, 0.4) is 0 Å². The number of esters is 1. The van der Waals surface area contributed by atoms with Crippen molar-refractivity contribution in [3.63, 3.8) is 0 Å². The van der Waals surface area contributed by atoms with Gasteiger partial charge in [0.2, 0.25) is 5.91 Å². The Morgan fingerprint density at radius 3 is 2.32 bits per heavy atom. The Hall–Kier alpha value is -4.53. The van der Waals surface area contributed by atoms with E-state index in [2.05, 4.69) is 10.6 Å². The zero-order valence-corrected chi connectivity index (χ0v) is 24.0. The van der Waals surface area contributed by atoms with E-state index >= 15 is 0 Å². The van der Waals surface area contributed by atoms with Crippen LogP contribution in [0.25, 0.3) is 0 Å². The molecule has 2 N–H and O–H groups in total. The number of alkyl carbamates (subject to hydrolysis) is 1. The molecule has 2 amide bonds. The molecule has 1 spiro atoms. The normalized spacial score (nSPS) is 17.5. The van der Waals surface area contributed by atoms with E-state index in [0.29, 0.717) is 51.6 Å². The fourth-order valence-electron chi connectivity index (χ4n) is 5.24. The number of hydrogen-bond donors (Lipinski definition) is 2. The van der Waals surface area contributed by atoms with Gasteiger partial charge in [0.15, 0.2) is 5.60 Å². The van der Waals surface area contributed by atoms with Crippen LogP contribution in [-0.4, -0.2) is 36.7 Å². The van der Waals surface area contributed by atoms with E-state index in [1.807, 2.05) is 32.0 Å². The van der Waals surface area contributed by atoms with Crippen LogP contribution in [0.2, 0.25) is 0 Å². The van der Waals surface area contributed by atoms with Crippen LogP contribution in [0, 0.1) is 5.92 Å². The third-order valence-corrected chi connectivity index (χ3v) is 6.90. The summed E-state index contributed by atoms with van der Waals surface area (Å²) in [4.78, 5) is 38.8. The highest BCUT2D eigenvalue weighted by Crippen LogP contribution is 2.56. The minimum absolute atomic E-state index is 0.135. The van der Waals surface area contributed by atoms with Gasteiger partial charge in [-0.1, -0.05) is 32.0 Å². The maximum atomic E-state index is 13.3. The van der Waals surface area contributed by atoms with Crippen molar-refractivity contribution in [2.75, 3.05) is 12.4 Å². The summed E-state index contributed by atoms with van der Waals surface area (Å²) in [5.74, 6) is 0.764. The number of hydrogen-bond acceptors (Lipinski definition) is 7. The van der Waals surface area contributed by atoms with E-state index in [4.69, 9.17) is 18.9 Å². The molecular formula is C32H34N2O7. The topological polar surface area (TPSA) is 112 Å². The summed E-state index contributed by atoms with van der Waals surface area (Å²) in [5.41, 5.74) is 0.990. The standard InChI is InChI=1S/C32H34N2O7/c1-18(2)15-25(34-30(37)41-31(3,4)5)28(35)33-19-11-13-23-26(16-19)39-27-17-20(38-6)12-14-24(27)32(23)22-10-8-7-9-21(22)29(36)40-32/h7-14,16-18,25H,15H2,1-6H3,(H,33,35)(H,34,37)/t25-,32?/m0/s1. The van der Waals surface area contributed by atoms with Gasteiger partial charge < -0.3 is 29.6 Å². The summed E-state index contributed by atoms with van der Waals surface area (Å²) in [6, 6.07) is 17.0. The molecule has 0 fully saturated rings. The monoisotopic (exact) mass is 558 g/mol. The quantitative estimate of drug-likeness (QED) is 0.350. The van der Waals surface area contributed by atoms with Crippen molar-refractivity contribution in [1.29, 1.82) is 0 Å². The predicted octanol–water partition coefficient (Wildman–Crippen LogP) is 6.14. The van der Waals surface area contributed by atoms with Crippen molar-refractivity contribution in [2.45, 2.75) is 58.3 Å². The molecule has 2 aliphatic heterocycles. The molecule has 0 bridgehead atoms. The number of fused-ring (bicyclic) bond motifs is 6. The van der Waals surface area contributed by atoms with Gasteiger partial charge in [-0.3, -0.25) is 4.79 Å². The second kappa shape index (κ2) is 10.5. The fourth-order valence-corrected chi connectivity index (χ4v) is 5.24. The first-order valence-corrected chi connectivity index (χ1v) is 13.6. The molecule has 0 aliphatic carbocycles. The van der Waals surface area contributed by atoms with E-state index in [1.165, 1.54) is 0 Å². The SMILES string of the molecule is COc1ccc2c(c1)Oc1cc(NC(=O)[C@H](CC(C)C)NC(=O)OC(C)(C)C)ccc1C21OC(=O)c2ccccc21. The van der Waals surface area contributed by atoms with Gasteiger partial charge in [-0.15, -0.1) is 0 Å². The van der Waals surface area contributed by atoms with Crippen molar-refractivity contribution in [3.8, 4) is 17.2 Å². The molecular weight excluding hydrogens is 524 g/mol. The lowest BCUT2D eigenvalue weighted by Gasteiger charge is -2.36. The number of benzene rings is 3. The molecule has 2 atom stereocenters. The lowest BCUT2D eigenvalue weighted by Crippen LogP contribution is -2.46. The summed E-state index contributed by atoms with van der Waals surface area (Å²) in [7, 11) is 1.56. The largest absolute Gasteiger partial charge is 0.497 e. The molecule has 9 heteroatoms. The van der Waals surface area contributed by atoms with Gasteiger partial charge in [0, 0.05) is 34.5 Å². The van der Waals surface area contributed by atoms with Crippen molar-refractivity contribution >= 4 is 23.7 Å². The Labute approximate surface area is 239 Å². The van der Waals surface area contributed by atoms with Crippen molar-refractivity contribution < 1.29 is 33.3 Å². The number of carbonyl (C=O) groups excluding carboxylic acids is 3. The second-order valence-electron chi connectivity index (χ2n) is 11.6. The molecule has 9 nitrogen and oxygen atoms in total. The molecule has 0 saturated heterocycles. The predicted molar refractivity (Wildman–Crippen MR) is 152 cm³/mol. The number of rotatable bonds is 6. The maximum absolute atomic E-state index is 13.3. The highest BCUT2D eigenvalue weighted by molar-refractivity contribution is 5.98. The van der Waals surface area contributed by atoms with E-state index in [0.717, 1.165) is 0 Å². The first kappa shape index (κ1) is 28.0. The van der Waals surface area contributed by atoms with Gasteiger partial charge in [0.05, 0.1) is 12.7 Å². The van der Waals surface area contributed by atoms with Gasteiger partial charge in [-0.25, -0.2) is 9.59 Å². The maximum Gasteiger partial charge on any atom is 0.408 e. The Morgan fingerprint density at radius 2 is 1.63 bits per heavy atom. The molecule has 2 heterocycles. The second-order valence-corrected chi connectivity index (χ2v) is 11.6. The lowest BCUT2D eigenvalue weighted by molar-refractivity contribution is -0.118. The summed E-state index contributed by atoms with van der Waals surface area (Å²) in [5, 5.41) is 5.59. The molecule has 5 rings (SSSR count). The van der Waals surface area contributed by atoms with Crippen molar-refractivity contribution in [3.05, 3.63) is 82.9 Å². The number of nitrogens with one attached hydrogen (secondary N) is 2. The third kappa shape index (κ3) is 5.31. The Balaban J connectivity index is 1.51. The molecule has 0 saturated carbocycles. The Bertz CT molecular complexity index is 1520. The number of amides is 2. The van der Waals surface area contributed by atoms with E-state index in [-0.39, 0.29) is 5.92 Å². The first-order chi connectivity index (χ1) is 19.4. The van der Waals surface area contributed by atoms with Crippen LogP contribution in [-0.2, 0) is 19.9 Å². The molecule has 41 heavy (non-hydrogen) atoms. The third-order valence-electron chi connectivity index (χ3n) is 6.90. The smallest absolute Gasteiger partial charge is 0.408 e. The van der Waals surface area contributed by atoms with Gasteiger partial charge in [0.1, 0.15) is 28.9 Å². The number of carbonyl (C=O) groups is 3. The number of methoxy groups -OCH3 is 1. The van der Waals surface area contributed by atoms with Crippen LogP contribution in [0.15, 0.2) is 60.7 Å². The van der Waals surface area contributed by atoms with Gasteiger partial charge in [0.25, 0.3) is 0 Å². The summed E-state index contributed by atoms with van der Waals surface area (Å²) in [6.07, 6.45) is -0.253. The first-order valence-electron chi connectivity index (χ1n) is 13.6. The Morgan fingerprint density at radius 1 is 0.951 bits per heavy atom. The van der Waals surface area contributed by atoms with Gasteiger partial charge >= 0.3 is 12.1 Å². The summed E-state index contributed by atoms with van der Waals surface area (Å²) in [6.45, 7) is 9.22. The van der Waals surface area contributed by atoms with Crippen molar-refractivity contribution in [2.24, 2.45) is 5.92 Å². The summed E-state index contributed by atoms with van der Waals surface area (Å²) < 4.78 is 23.3. The van der Waals surface area contributed by atoms with Gasteiger partial charge in [-0.05, 0) is 63.4 Å². The van der Waals surface area contributed by atoms with Crippen LogP contribution in [0.1, 0.15) is 68.1 Å². The lowest BCUT2D eigenvalue weighted by atomic mass is 9.77. The minimum atomic E-state index is -1.23. The van der Waals surface area contributed by atoms with Crippen LogP contribution >= 0.6 is 0 Å². The molecule has 0 radical (unpaired) electrons. The van der Waals surface area contributed by atoms with E-state index < -0.39 is 35.2 Å². The minimum Gasteiger partial charge on any atom is -0.497 e. The van der Waals surface area contributed by atoms with E-state index in [1.54, 1.807) is 70.3 Å². The van der Waals surface area contributed by atoms with Crippen LogP contribution in [0.4, 0.5) is 10.5 Å². The van der Waals surface area contributed by atoms with Crippen molar-refractivity contribution in [1.82, 2.24) is 5.32 Å². The van der Waals surface area contributed by atoms with Gasteiger partial charge in [-0.2, -0.15) is 0 Å². The zero-order chi connectivity index (χ0) is 29.5. The number of ether oxygens (including phenoxy) is 4. The highest BCUT2D eigenvalue weighted by atomic mass is 16.6. The molecule has 3 aromatic rings.